The molecule has 1 unspecified atom stereocenters. The van der Waals surface area contributed by atoms with Gasteiger partial charge in [-0.2, -0.15) is 0 Å². The molecule has 4 heteroatoms. The minimum absolute atomic E-state index is 0.00174. The van der Waals surface area contributed by atoms with Crippen LogP contribution in [0.5, 0.6) is 0 Å². The summed E-state index contributed by atoms with van der Waals surface area (Å²) in [6.07, 6.45) is 2.35. The van der Waals surface area contributed by atoms with Crippen molar-refractivity contribution in [2.75, 3.05) is 19.6 Å². The van der Waals surface area contributed by atoms with Gasteiger partial charge in [-0.1, -0.05) is 48.5 Å². The van der Waals surface area contributed by atoms with Crippen molar-refractivity contribution in [1.82, 2.24) is 15.2 Å². The highest BCUT2D eigenvalue weighted by Gasteiger charge is 2.21. The zero-order valence-corrected chi connectivity index (χ0v) is 16.4. The largest absolute Gasteiger partial charge is 0.352 e. The molecule has 28 heavy (non-hydrogen) atoms. The molecule has 1 aliphatic rings. The highest BCUT2D eigenvalue weighted by Crippen LogP contribution is 2.20. The summed E-state index contributed by atoms with van der Waals surface area (Å²) < 4.78 is 0. The first-order valence-corrected chi connectivity index (χ1v) is 10.1. The van der Waals surface area contributed by atoms with Crippen LogP contribution >= 0.6 is 0 Å². The molecule has 1 saturated heterocycles. The molecule has 2 aromatic carbocycles. The Morgan fingerprint density at radius 1 is 1.14 bits per heavy atom. The van der Waals surface area contributed by atoms with E-state index in [2.05, 4.69) is 45.5 Å². The van der Waals surface area contributed by atoms with Crippen molar-refractivity contribution in [2.45, 2.75) is 26.3 Å². The van der Waals surface area contributed by atoms with Crippen molar-refractivity contribution >= 4 is 16.8 Å². The van der Waals surface area contributed by atoms with E-state index in [1.54, 1.807) is 0 Å². The van der Waals surface area contributed by atoms with E-state index in [9.17, 15) is 4.79 Å². The summed E-state index contributed by atoms with van der Waals surface area (Å²) in [6.45, 7) is 5.81. The van der Waals surface area contributed by atoms with Crippen LogP contribution in [0.25, 0.3) is 10.9 Å². The van der Waals surface area contributed by atoms with E-state index in [4.69, 9.17) is 0 Å². The van der Waals surface area contributed by atoms with Gasteiger partial charge in [-0.3, -0.25) is 14.7 Å². The minimum atomic E-state index is 0.00174. The first kappa shape index (κ1) is 18.6. The van der Waals surface area contributed by atoms with Crippen LogP contribution in [-0.2, 0) is 6.54 Å². The van der Waals surface area contributed by atoms with Crippen LogP contribution in [0, 0.1) is 12.8 Å². The van der Waals surface area contributed by atoms with Crippen LogP contribution in [0.15, 0.2) is 60.7 Å². The minimum Gasteiger partial charge on any atom is -0.352 e. The lowest BCUT2D eigenvalue weighted by Crippen LogP contribution is -2.40. The fraction of sp³-hybridized carbons (Fsp3) is 0.333. The van der Waals surface area contributed by atoms with Gasteiger partial charge in [0.2, 0.25) is 0 Å². The molecule has 0 bridgehead atoms. The van der Waals surface area contributed by atoms with E-state index in [0.29, 0.717) is 5.92 Å². The van der Waals surface area contributed by atoms with Gasteiger partial charge in [0, 0.05) is 30.7 Å². The molecule has 1 aromatic heterocycles. The van der Waals surface area contributed by atoms with Crippen molar-refractivity contribution in [2.24, 2.45) is 5.92 Å². The maximum Gasteiger partial charge on any atom is 0.252 e. The molecule has 4 nitrogen and oxygen atoms in total. The molecular weight excluding hydrogens is 346 g/mol. The number of rotatable bonds is 5. The van der Waals surface area contributed by atoms with Gasteiger partial charge in [0.1, 0.15) is 0 Å². The summed E-state index contributed by atoms with van der Waals surface area (Å²) in [5.41, 5.74) is 3.82. The molecule has 2 heterocycles. The Morgan fingerprint density at radius 3 is 2.79 bits per heavy atom. The molecule has 3 aromatic rings. The Labute approximate surface area is 166 Å². The number of aryl methyl sites for hydroxylation is 1. The number of amides is 1. The second-order valence-corrected chi connectivity index (χ2v) is 7.77. The number of benzene rings is 2. The number of hydrogen-bond acceptors (Lipinski definition) is 3. The van der Waals surface area contributed by atoms with E-state index in [1.165, 1.54) is 18.4 Å². The Bertz CT molecular complexity index is 954. The fourth-order valence-corrected chi connectivity index (χ4v) is 4.13. The summed E-state index contributed by atoms with van der Waals surface area (Å²) in [6, 6.07) is 20.3. The van der Waals surface area contributed by atoms with Gasteiger partial charge in [0.15, 0.2) is 0 Å². The molecule has 0 saturated carbocycles. The van der Waals surface area contributed by atoms with Crippen molar-refractivity contribution < 1.29 is 4.79 Å². The number of fused-ring (bicyclic) bond motifs is 1. The van der Waals surface area contributed by atoms with Crippen LogP contribution in [0.3, 0.4) is 0 Å². The molecule has 0 aliphatic carbocycles. The van der Waals surface area contributed by atoms with Crippen LogP contribution in [0.2, 0.25) is 0 Å². The highest BCUT2D eigenvalue weighted by atomic mass is 16.1. The number of piperidine rings is 1. The standard InChI is InChI=1S/C24H27N3O/c1-18-14-22(21-11-5-6-12-23(21)26-18)24(28)25-15-20-10-7-13-27(17-20)16-19-8-3-2-4-9-19/h2-6,8-9,11-12,14,20H,7,10,13,15-17H2,1H3,(H,25,28). The average molecular weight is 374 g/mol. The van der Waals surface area contributed by atoms with Gasteiger partial charge < -0.3 is 5.32 Å². The molecule has 0 spiro atoms. The molecule has 1 N–H and O–H groups in total. The van der Waals surface area contributed by atoms with E-state index in [1.807, 2.05) is 37.3 Å². The Morgan fingerprint density at radius 2 is 1.93 bits per heavy atom. The molecule has 1 fully saturated rings. The summed E-state index contributed by atoms with van der Waals surface area (Å²) >= 11 is 0. The average Bonchev–Trinajstić information content (AvgIpc) is 2.72. The Balaban J connectivity index is 1.38. The third kappa shape index (κ3) is 4.39. The van der Waals surface area contributed by atoms with Crippen LogP contribution in [-0.4, -0.2) is 35.4 Å². The van der Waals surface area contributed by atoms with Crippen LogP contribution in [0.4, 0.5) is 0 Å². The lowest BCUT2D eigenvalue weighted by Gasteiger charge is -2.32. The number of pyridine rings is 1. The third-order valence-electron chi connectivity index (χ3n) is 5.49. The molecule has 1 aliphatic heterocycles. The van der Waals surface area contributed by atoms with Crippen LogP contribution in [0.1, 0.15) is 34.5 Å². The second-order valence-electron chi connectivity index (χ2n) is 7.77. The predicted molar refractivity (Wildman–Crippen MR) is 113 cm³/mol. The molecule has 4 rings (SSSR count). The Kier molecular flexibility index (Phi) is 5.68. The van der Waals surface area contributed by atoms with Gasteiger partial charge in [0.25, 0.3) is 5.91 Å². The topological polar surface area (TPSA) is 45.2 Å². The van der Waals surface area contributed by atoms with Gasteiger partial charge >= 0.3 is 0 Å². The molecular formula is C24H27N3O. The number of hydrogen-bond donors (Lipinski definition) is 1. The summed E-state index contributed by atoms with van der Waals surface area (Å²) in [7, 11) is 0. The quantitative estimate of drug-likeness (QED) is 0.729. The van der Waals surface area contributed by atoms with E-state index < -0.39 is 0 Å². The number of aromatic nitrogens is 1. The van der Waals surface area contributed by atoms with Crippen LogP contribution < -0.4 is 5.32 Å². The third-order valence-corrected chi connectivity index (χ3v) is 5.49. The predicted octanol–water partition coefficient (Wildman–Crippen LogP) is 4.19. The fourth-order valence-electron chi connectivity index (χ4n) is 4.13. The first-order chi connectivity index (χ1) is 13.7. The number of nitrogens with one attached hydrogen (secondary N) is 1. The summed E-state index contributed by atoms with van der Waals surface area (Å²) in [4.78, 5) is 19.9. The monoisotopic (exact) mass is 373 g/mol. The second kappa shape index (κ2) is 8.53. The van der Waals surface area contributed by atoms with Crippen molar-refractivity contribution in [3.8, 4) is 0 Å². The number of carbonyl (C=O) groups excluding carboxylic acids is 1. The molecule has 1 amide bonds. The number of likely N-dealkylation sites (tertiary alicyclic amines) is 1. The van der Waals surface area contributed by atoms with Gasteiger partial charge in [-0.05, 0) is 49.9 Å². The van der Waals surface area contributed by atoms with Gasteiger partial charge in [-0.25, -0.2) is 0 Å². The van der Waals surface area contributed by atoms with E-state index in [0.717, 1.165) is 48.3 Å². The smallest absolute Gasteiger partial charge is 0.252 e. The summed E-state index contributed by atoms with van der Waals surface area (Å²) in [5.74, 6) is 0.498. The lowest BCUT2D eigenvalue weighted by molar-refractivity contribution is 0.0932. The van der Waals surface area contributed by atoms with Crippen molar-refractivity contribution in [3.05, 3.63) is 77.5 Å². The van der Waals surface area contributed by atoms with Gasteiger partial charge in [0.05, 0.1) is 11.1 Å². The number of carbonyl (C=O) groups is 1. The van der Waals surface area contributed by atoms with Gasteiger partial charge in [-0.15, -0.1) is 0 Å². The SMILES string of the molecule is Cc1cc(C(=O)NCC2CCCN(Cc3ccccc3)C2)c2ccccc2n1. The lowest BCUT2D eigenvalue weighted by atomic mass is 9.97. The van der Waals surface area contributed by atoms with Crippen molar-refractivity contribution in [3.63, 3.8) is 0 Å². The zero-order chi connectivity index (χ0) is 19.3. The number of nitrogens with zero attached hydrogens (tertiary/aromatic N) is 2. The maximum atomic E-state index is 12.9. The molecule has 144 valence electrons. The summed E-state index contributed by atoms with van der Waals surface area (Å²) in [5, 5.41) is 4.10. The normalized spacial score (nSPS) is 17.5. The molecule has 0 radical (unpaired) electrons. The zero-order valence-electron chi connectivity index (χ0n) is 16.4. The molecule has 1 atom stereocenters. The first-order valence-electron chi connectivity index (χ1n) is 10.1. The maximum absolute atomic E-state index is 12.9. The van der Waals surface area contributed by atoms with Crippen molar-refractivity contribution in [1.29, 1.82) is 0 Å². The van der Waals surface area contributed by atoms with E-state index in [-0.39, 0.29) is 5.91 Å². The van der Waals surface area contributed by atoms with E-state index >= 15 is 0 Å². The highest BCUT2D eigenvalue weighted by molar-refractivity contribution is 6.06. The number of para-hydroxylation sites is 1. The Hall–Kier alpha value is -2.72.